The van der Waals surface area contributed by atoms with E-state index >= 15 is 0 Å². The normalized spacial score (nSPS) is 17.5. The summed E-state index contributed by atoms with van der Waals surface area (Å²) in [6, 6.07) is 0. The van der Waals surface area contributed by atoms with Crippen LogP contribution in [0.5, 0.6) is 0 Å². The van der Waals surface area contributed by atoms with Gasteiger partial charge in [0.05, 0.1) is 11.4 Å². The molecule has 5 nitrogen and oxygen atoms in total. The zero-order valence-corrected chi connectivity index (χ0v) is 14.3. The van der Waals surface area contributed by atoms with E-state index in [2.05, 4.69) is 27.4 Å². The molecule has 1 amide bonds. The van der Waals surface area contributed by atoms with Gasteiger partial charge in [0, 0.05) is 4.88 Å². The number of hydrogen-bond donors (Lipinski definition) is 1. The van der Waals surface area contributed by atoms with E-state index in [-0.39, 0.29) is 5.91 Å². The Bertz CT molecular complexity index is 652. The van der Waals surface area contributed by atoms with Crippen molar-refractivity contribution in [2.45, 2.75) is 37.4 Å². The third-order valence-corrected chi connectivity index (χ3v) is 6.27. The summed E-state index contributed by atoms with van der Waals surface area (Å²) in [6.07, 6.45) is 3.31. The summed E-state index contributed by atoms with van der Waals surface area (Å²) in [6.45, 7) is 4.17. The number of amides is 1. The summed E-state index contributed by atoms with van der Waals surface area (Å²) in [5, 5.41) is 12.5. The minimum atomic E-state index is -0.0352. The van der Waals surface area contributed by atoms with Gasteiger partial charge in [0.25, 0.3) is 0 Å². The summed E-state index contributed by atoms with van der Waals surface area (Å²) in [5.41, 5.74) is 1.17. The lowest BCUT2D eigenvalue weighted by atomic mass is 9.93. The van der Waals surface area contributed by atoms with Gasteiger partial charge in [0.1, 0.15) is 5.01 Å². The van der Waals surface area contributed by atoms with E-state index in [0.717, 1.165) is 33.2 Å². The van der Waals surface area contributed by atoms with Crippen molar-refractivity contribution < 1.29 is 4.79 Å². The highest BCUT2D eigenvalue weighted by Crippen LogP contribution is 2.32. The number of aromatic nitrogens is 3. The van der Waals surface area contributed by atoms with Crippen LogP contribution < -0.4 is 5.32 Å². The third kappa shape index (κ3) is 3.81. The summed E-state index contributed by atoms with van der Waals surface area (Å²) >= 11 is 4.54. The predicted molar refractivity (Wildman–Crippen MR) is 87.3 cm³/mol. The maximum Gasteiger partial charge on any atom is 0.236 e. The van der Waals surface area contributed by atoms with Gasteiger partial charge in [-0.15, -0.1) is 21.5 Å². The van der Waals surface area contributed by atoms with Crippen LogP contribution in [0.4, 0.5) is 5.13 Å². The van der Waals surface area contributed by atoms with Crippen LogP contribution >= 0.6 is 34.4 Å². The van der Waals surface area contributed by atoms with Crippen molar-refractivity contribution >= 4 is 45.5 Å². The van der Waals surface area contributed by atoms with Crippen molar-refractivity contribution in [2.75, 3.05) is 11.1 Å². The van der Waals surface area contributed by atoms with Crippen molar-refractivity contribution in [2.24, 2.45) is 5.92 Å². The molecule has 1 aliphatic carbocycles. The second kappa shape index (κ2) is 6.41. The molecule has 112 valence electrons. The molecule has 0 saturated heterocycles. The van der Waals surface area contributed by atoms with Gasteiger partial charge in [-0.2, -0.15) is 0 Å². The lowest BCUT2D eigenvalue weighted by molar-refractivity contribution is -0.113. The van der Waals surface area contributed by atoms with Crippen molar-refractivity contribution in [3.8, 4) is 0 Å². The van der Waals surface area contributed by atoms with Crippen molar-refractivity contribution in [3.05, 3.63) is 15.6 Å². The molecule has 1 N–H and O–H groups in total. The molecule has 1 aliphatic rings. The fourth-order valence-corrected chi connectivity index (χ4v) is 5.02. The summed E-state index contributed by atoms with van der Waals surface area (Å²) in [7, 11) is 0. The largest absolute Gasteiger partial charge is 0.301 e. The monoisotopic (exact) mass is 340 g/mol. The number of thiazole rings is 1. The fraction of sp³-hybridized carbons (Fsp3) is 0.538. The number of rotatable bonds is 4. The number of aryl methyl sites for hydroxylation is 2. The minimum absolute atomic E-state index is 0.0352. The van der Waals surface area contributed by atoms with E-state index in [9.17, 15) is 4.79 Å². The van der Waals surface area contributed by atoms with Gasteiger partial charge in [0.2, 0.25) is 5.91 Å². The SMILES string of the molecule is Cc1nnc(SCC(=O)Nc2nc3c(s2)C[C@H](C)CC3)s1. The van der Waals surface area contributed by atoms with Crippen molar-refractivity contribution in [1.82, 2.24) is 15.2 Å². The topological polar surface area (TPSA) is 67.8 Å². The van der Waals surface area contributed by atoms with Crippen molar-refractivity contribution in [1.29, 1.82) is 0 Å². The third-order valence-electron chi connectivity index (χ3n) is 3.27. The number of anilines is 1. The van der Waals surface area contributed by atoms with Gasteiger partial charge in [0.15, 0.2) is 9.47 Å². The first-order valence-electron chi connectivity index (χ1n) is 6.81. The summed E-state index contributed by atoms with van der Waals surface area (Å²) in [4.78, 5) is 17.8. The number of hydrogen-bond acceptors (Lipinski definition) is 7. The summed E-state index contributed by atoms with van der Waals surface area (Å²) in [5.74, 6) is 1.03. The standard InChI is InChI=1S/C13H16N4OS3/c1-7-3-4-9-10(5-7)21-12(14-9)15-11(18)6-19-13-17-16-8(2)20-13/h7H,3-6H2,1-2H3,(H,14,15,18)/t7-/m1/s1. The number of nitrogens with zero attached hydrogens (tertiary/aromatic N) is 3. The maximum atomic E-state index is 12.0. The molecular weight excluding hydrogens is 324 g/mol. The lowest BCUT2D eigenvalue weighted by Gasteiger charge is -2.15. The first kappa shape index (κ1) is 14.9. The zero-order chi connectivity index (χ0) is 14.8. The molecule has 0 unspecified atom stereocenters. The Balaban J connectivity index is 1.55. The molecular formula is C13H16N4OS3. The number of fused-ring (bicyclic) bond motifs is 1. The molecule has 0 fully saturated rings. The lowest BCUT2D eigenvalue weighted by Crippen LogP contribution is -2.14. The van der Waals surface area contributed by atoms with Crippen LogP contribution in [0.25, 0.3) is 0 Å². The molecule has 0 aliphatic heterocycles. The molecule has 0 bridgehead atoms. The number of thioether (sulfide) groups is 1. The Morgan fingerprint density at radius 1 is 1.43 bits per heavy atom. The van der Waals surface area contributed by atoms with Crippen LogP contribution in [0.3, 0.4) is 0 Å². The van der Waals surface area contributed by atoms with Gasteiger partial charge in [-0.05, 0) is 32.1 Å². The van der Waals surface area contributed by atoms with Crippen LogP contribution in [0, 0.1) is 12.8 Å². The van der Waals surface area contributed by atoms with Gasteiger partial charge >= 0.3 is 0 Å². The molecule has 0 aromatic carbocycles. The molecule has 2 aromatic heterocycles. The van der Waals surface area contributed by atoms with Crippen LogP contribution in [0.1, 0.15) is 28.9 Å². The van der Waals surface area contributed by atoms with Crippen LogP contribution in [-0.4, -0.2) is 26.8 Å². The van der Waals surface area contributed by atoms with Crippen LogP contribution in [-0.2, 0) is 17.6 Å². The maximum absolute atomic E-state index is 12.0. The highest BCUT2D eigenvalue weighted by atomic mass is 32.2. The van der Waals surface area contributed by atoms with Gasteiger partial charge in [-0.1, -0.05) is 30.0 Å². The van der Waals surface area contributed by atoms with E-state index < -0.39 is 0 Å². The van der Waals surface area contributed by atoms with Gasteiger partial charge < -0.3 is 5.32 Å². The smallest absolute Gasteiger partial charge is 0.236 e. The van der Waals surface area contributed by atoms with E-state index in [4.69, 9.17) is 0 Å². The van der Waals surface area contributed by atoms with E-state index in [1.165, 1.54) is 40.1 Å². The Morgan fingerprint density at radius 3 is 3.05 bits per heavy atom. The van der Waals surface area contributed by atoms with Crippen LogP contribution in [0.2, 0.25) is 0 Å². The second-order valence-electron chi connectivity index (χ2n) is 5.16. The quantitative estimate of drug-likeness (QED) is 0.866. The highest BCUT2D eigenvalue weighted by Gasteiger charge is 2.20. The van der Waals surface area contributed by atoms with Crippen LogP contribution in [0.15, 0.2) is 4.34 Å². The molecule has 21 heavy (non-hydrogen) atoms. The Kier molecular flexibility index (Phi) is 4.56. The molecule has 0 radical (unpaired) electrons. The Labute approximate surface area is 135 Å². The summed E-state index contributed by atoms with van der Waals surface area (Å²) < 4.78 is 0.829. The molecule has 2 heterocycles. The molecule has 3 rings (SSSR count). The number of carbonyl (C=O) groups is 1. The van der Waals surface area contributed by atoms with E-state index in [1.807, 2.05) is 6.92 Å². The van der Waals surface area contributed by atoms with E-state index in [1.54, 1.807) is 11.3 Å². The first-order valence-corrected chi connectivity index (χ1v) is 9.43. The van der Waals surface area contributed by atoms with E-state index in [0.29, 0.717) is 5.75 Å². The van der Waals surface area contributed by atoms with Gasteiger partial charge in [-0.25, -0.2) is 4.98 Å². The molecule has 2 aromatic rings. The molecule has 1 atom stereocenters. The fourth-order valence-electron chi connectivity index (χ4n) is 2.21. The predicted octanol–water partition coefficient (Wildman–Crippen LogP) is 3.16. The van der Waals surface area contributed by atoms with Crippen molar-refractivity contribution in [3.63, 3.8) is 0 Å². The Hall–Kier alpha value is -0.990. The minimum Gasteiger partial charge on any atom is -0.301 e. The average Bonchev–Trinajstić information content (AvgIpc) is 3.01. The molecule has 8 heteroatoms. The molecule has 0 spiro atoms. The number of carbonyl (C=O) groups excluding carboxylic acids is 1. The Morgan fingerprint density at radius 2 is 2.29 bits per heavy atom. The highest BCUT2D eigenvalue weighted by molar-refractivity contribution is 8.01. The average molecular weight is 340 g/mol. The van der Waals surface area contributed by atoms with Gasteiger partial charge in [-0.3, -0.25) is 4.79 Å². The first-order chi connectivity index (χ1) is 10.1. The second-order valence-corrected chi connectivity index (χ2v) is 8.65. The number of nitrogens with one attached hydrogen (secondary N) is 1. The molecule has 0 saturated carbocycles. The zero-order valence-electron chi connectivity index (χ0n) is 11.9.